The van der Waals surface area contributed by atoms with Gasteiger partial charge in [0.2, 0.25) is 0 Å². The number of hydrogen-bond donors (Lipinski definition) is 0. The van der Waals surface area contributed by atoms with E-state index in [0.29, 0.717) is 0 Å². The normalized spacial score (nSPS) is 13.0. The summed E-state index contributed by atoms with van der Waals surface area (Å²) in [7, 11) is -1.31. The average molecular weight is 243 g/mol. The molecule has 0 fully saturated rings. The Morgan fingerprint density at radius 2 is 1.79 bits per heavy atom. The van der Waals surface area contributed by atoms with Crippen LogP contribution >= 0.6 is 23.4 Å². The Morgan fingerprint density at radius 3 is 2.29 bits per heavy atom. The van der Waals surface area contributed by atoms with E-state index in [4.69, 9.17) is 11.6 Å². The number of halogens is 1. The largest absolute Gasteiger partial charge is 0.0973 e. The van der Waals surface area contributed by atoms with E-state index in [2.05, 4.69) is 37.2 Å². The lowest BCUT2D eigenvalue weighted by molar-refractivity contribution is 1.47. The number of rotatable bonds is 3. The molecule has 14 heavy (non-hydrogen) atoms. The molecule has 3 heteroatoms. The highest BCUT2D eigenvalue weighted by molar-refractivity contribution is 8.02. The molecule has 0 unspecified atom stereocenters. The summed E-state index contributed by atoms with van der Waals surface area (Å²) in [6.45, 7) is 6.74. The van der Waals surface area contributed by atoms with Gasteiger partial charge < -0.3 is 0 Å². The van der Waals surface area contributed by atoms with Crippen LogP contribution in [0.3, 0.4) is 0 Å². The Labute approximate surface area is 96.4 Å². The van der Waals surface area contributed by atoms with Gasteiger partial charge in [-0.05, 0) is 17.5 Å². The highest BCUT2D eigenvalue weighted by atomic mass is 35.5. The summed E-state index contributed by atoms with van der Waals surface area (Å²) in [4.78, 5) is 1.24. The highest BCUT2D eigenvalue weighted by Gasteiger charge is 2.17. The van der Waals surface area contributed by atoms with Gasteiger partial charge in [0, 0.05) is 9.55 Å². The van der Waals surface area contributed by atoms with Crippen molar-refractivity contribution >= 4 is 31.4 Å². The third kappa shape index (κ3) is 3.90. The predicted octanol–water partition coefficient (Wildman–Crippen LogP) is 4.74. The van der Waals surface area contributed by atoms with E-state index in [-0.39, 0.29) is 0 Å². The second-order valence-electron chi connectivity index (χ2n) is 4.15. The number of benzene rings is 1. The van der Waals surface area contributed by atoms with Gasteiger partial charge in [-0.1, -0.05) is 61.2 Å². The standard InChI is InChI=1S/C11H15ClSSi/c1-14(2,3)11(12)9-13-10-7-5-4-6-8-10/h4-9H,1-3H3/b11-9-. The van der Waals surface area contributed by atoms with Gasteiger partial charge in [-0.15, -0.1) is 0 Å². The minimum atomic E-state index is -1.31. The van der Waals surface area contributed by atoms with Crippen molar-refractivity contribution in [2.75, 3.05) is 0 Å². The van der Waals surface area contributed by atoms with Gasteiger partial charge in [0.25, 0.3) is 0 Å². The van der Waals surface area contributed by atoms with Crippen LogP contribution in [0.1, 0.15) is 0 Å². The fraction of sp³-hybridized carbons (Fsp3) is 0.273. The Bertz CT molecular complexity index is 314. The van der Waals surface area contributed by atoms with Crippen LogP contribution in [0.25, 0.3) is 0 Å². The molecule has 1 aromatic rings. The van der Waals surface area contributed by atoms with Gasteiger partial charge >= 0.3 is 0 Å². The zero-order chi connectivity index (χ0) is 10.6. The van der Waals surface area contributed by atoms with E-state index in [1.54, 1.807) is 11.8 Å². The summed E-state index contributed by atoms with van der Waals surface area (Å²) < 4.78 is 1.03. The summed E-state index contributed by atoms with van der Waals surface area (Å²) in [5, 5.41) is 2.07. The van der Waals surface area contributed by atoms with Crippen LogP contribution in [0, 0.1) is 0 Å². The van der Waals surface area contributed by atoms with Crippen LogP contribution in [-0.4, -0.2) is 8.07 Å². The van der Waals surface area contributed by atoms with Crippen molar-refractivity contribution in [3.8, 4) is 0 Å². The number of thioether (sulfide) groups is 1. The molecule has 0 heterocycles. The minimum Gasteiger partial charge on any atom is -0.0973 e. The van der Waals surface area contributed by atoms with Crippen LogP contribution < -0.4 is 0 Å². The maximum atomic E-state index is 6.21. The molecule has 0 nitrogen and oxygen atoms in total. The molecule has 0 spiro atoms. The Kier molecular flexibility index (Phi) is 4.29. The molecular formula is C11H15ClSSi. The van der Waals surface area contributed by atoms with Crippen molar-refractivity contribution in [3.63, 3.8) is 0 Å². The molecule has 0 saturated carbocycles. The zero-order valence-corrected chi connectivity index (χ0v) is 11.3. The molecule has 0 aliphatic heterocycles. The van der Waals surface area contributed by atoms with Crippen molar-refractivity contribution in [3.05, 3.63) is 40.4 Å². The highest BCUT2D eigenvalue weighted by Crippen LogP contribution is 2.26. The number of hydrogen-bond acceptors (Lipinski definition) is 1. The quantitative estimate of drug-likeness (QED) is 0.545. The molecule has 0 N–H and O–H groups in total. The smallest absolute Gasteiger partial charge is 0.0929 e. The molecule has 0 aliphatic carbocycles. The maximum absolute atomic E-state index is 6.21. The van der Waals surface area contributed by atoms with E-state index >= 15 is 0 Å². The predicted molar refractivity (Wildman–Crippen MR) is 69.6 cm³/mol. The van der Waals surface area contributed by atoms with Crippen molar-refractivity contribution in [1.29, 1.82) is 0 Å². The van der Waals surface area contributed by atoms with E-state index in [0.717, 1.165) is 4.66 Å². The summed E-state index contributed by atoms with van der Waals surface area (Å²) in [5.74, 6) is 0. The maximum Gasteiger partial charge on any atom is 0.0929 e. The van der Waals surface area contributed by atoms with Gasteiger partial charge in [-0.2, -0.15) is 0 Å². The summed E-state index contributed by atoms with van der Waals surface area (Å²) in [6.07, 6.45) is 0. The monoisotopic (exact) mass is 242 g/mol. The lowest BCUT2D eigenvalue weighted by Gasteiger charge is -2.13. The molecule has 0 aromatic heterocycles. The fourth-order valence-corrected chi connectivity index (χ4v) is 3.07. The molecule has 0 aliphatic rings. The van der Waals surface area contributed by atoms with E-state index in [1.165, 1.54) is 4.90 Å². The third-order valence-corrected chi connectivity index (χ3v) is 6.38. The van der Waals surface area contributed by atoms with Crippen LogP contribution in [0.5, 0.6) is 0 Å². The lowest BCUT2D eigenvalue weighted by atomic mass is 10.4. The zero-order valence-electron chi connectivity index (χ0n) is 8.75. The summed E-state index contributed by atoms with van der Waals surface area (Å²) in [5.41, 5.74) is 0. The molecule has 0 radical (unpaired) electrons. The molecule has 0 amide bonds. The van der Waals surface area contributed by atoms with Gasteiger partial charge in [0.15, 0.2) is 0 Å². The van der Waals surface area contributed by atoms with E-state index in [1.807, 2.05) is 18.2 Å². The Morgan fingerprint density at radius 1 is 1.21 bits per heavy atom. The van der Waals surface area contributed by atoms with Crippen LogP contribution in [-0.2, 0) is 0 Å². The fourth-order valence-electron chi connectivity index (χ4n) is 0.796. The second kappa shape index (κ2) is 5.05. The molecule has 0 atom stereocenters. The van der Waals surface area contributed by atoms with Gasteiger partial charge in [0.05, 0.1) is 8.07 Å². The van der Waals surface area contributed by atoms with Crippen LogP contribution in [0.15, 0.2) is 45.3 Å². The van der Waals surface area contributed by atoms with E-state index in [9.17, 15) is 0 Å². The first-order valence-electron chi connectivity index (χ1n) is 4.58. The molecular weight excluding hydrogens is 228 g/mol. The SMILES string of the molecule is C[Si](C)(C)/C(Cl)=C\Sc1ccccc1. The molecule has 0 saturated heterocycles. The lowest BCUT2D eigenvalue weighted by Crippen LogP contribution is -2.20. The first-order chi connectivity index (χ1) is 6.50. The molecule has 76 valence electrons. The summed E-state index contributed by atoms with van der Waals surface area (Å²) >= 11 is 7.90. The first kappa shape index (κ1) is 11.9. The second-order valence-corrected chi connectivity index (χ2v) is 10.9. The van der Waals surface area contributed by atoms with Gasteiger partial charge in [-0.25, -0.2) is 0 Å². The van der Waals surface area contributed by atoms with Crippen molar-refractivity contribution < 1.29 is 0 Å². The van der Waals surface area contributed by atoms with Gasteiger partial charge in [0.1, 0.15) is 0 Å². The van der Waals surface area contributed by atoms with Crippen molar-refractivity contribution in [2.24, 2.45) is 0 Å². The van der Waals surface area contributed by atoms with Crippen molar-refractivity contribution in [1.82, 2.24) is 0 Å². The van der Waals surface area contributed by atoms with E-state index < -0.39 is 8.07 Å². The summed E-state index contributed by atoms with van der Waals surface area (Å²) in [6, 6.07) is 10.3. The topological polar surface area (TPSA) is 0 Å². The first-order valence-corrected chi connectivity index (χ1v) is 9.34. The third-order valence-electron chi connectivity index (χ3n) is 1.76. The minimum absolute atomic E-state index is 1.03. The van der Waals surface area contributed by atoms with Crippen LogP contribution in [0.2, 0.25) is 19.6 Å². The van der Waals surface area contributed by atoms with Gasteiger partial charge in [-0.3, -0.25) is 0 Å². The molecule has 1 rings (SSSR count). The average Bonchev–Trinajstić information content (AvgIpc) is 2.14. The molecule has 0 bridgehead atoms. The Balaban J connectivity index is 2.65. The molecule has 1 aromatic carbocycles. The van der Waals surface area contributed by atoms with Crippen molar-refractivity contribution in [2.45, 2.75) is 24.5 Å². The Hall–Kier alpha value is -0.183. The van der Waals surface area contributed by atoms with Crippen LogP contribution in [0.4, 0.5) is 0 Å².